The fourth-order valence-corrected chi connectivity index (χ4v) is 8.94. The maximum atomic E-state index is 6.68. The summed E-state index contributed by atoms with van der Waals surface area (Å²) in [5.41, 5.74) is 10.5. The maximum absolute atomic E-state index is 6.68. The second kappa shape index (κ2) is 11.7. The molecule has 0 aliphatic carbocycles. The highest BCUT2D eigenvalue weighted by Crippen LogP contribution is 2.42. The van der Waals surface area contributed by atoms with E-state index < -0.39 is 0 Å². The Morgan fingerprint density at radius 1 is 0.362 bits per heavy atom. The first kappa shape index (κ1) is 31.2. The van der Waals surface area contributed by atoms with Gasteiger partial charge in [-0.25, -0.2) is 4.98 Å². The van der Waals surface area contributed by atoms with Crippen molar-refractivity contribution in [3.05, 3.63) is 170 Å². The van der Waals surface area contributed by atoms with Crippen molar-refractivity contribution in [2.45, 2.75) is 0 Å². The topological polar surface area (TPSA) is 83.0 Å². The normalized spacial score (nSPS) is 12.1. The van der Waals surface area contributed by atoms with E-state index in [-0.39, 0.29) is 0 Å². The van der Waals surface area contributed by atoms with Crippen molar-refractivity contribution in [2.75, 3.05) is 0 Å². The standard InChI is InChI=1S/C51H28N4O3/c1-2-12-29(13-3-1)31-17-10-22-42-45(31)37-25-24-30(28-44(37)57-42)49-52-50(38-18-11-23-43-46(38)36-16-6-9-21-41(36)56-43)54-51(53-49)55-39-19-7-4-14-32(39)34-26-27-35-33-15-5-8-20-40(33)58-48(35)47(34)55/h1-28H. The Hall–Kier alpha value is -8.03. The molecule has 13 aromatic rings. The lowest BCUT2D eigenvalue weighted by atomic mass is 9.99. The van der Waals surface area contributed by atoms with Crippen molar-refractivity contribution >= 4 is 87.6 Å². The van der Waals surface area contributed by atoms with E-state index >= 15 is 0 Å². The zero-order valence-corrected chi connectivity index (χ0v) is 30.7. The van der Waals surface area contributed by atoms with Crippen LogP contribution in [-0.4, -0.2) is 19.5 Å². The lowest BCUT2D eigenvalue weighted by molar-refractivity contribution is 0.668. The van der Waals surface area contributed by atoms with Crippen LogP contribution in [0.3, 0.4) is 0 Å². The number of aromatic nitrogens is 4. The lowest BCUT2D eigenvalue weighted by Gasteiger charge is -2.11. The van der Waals surface area contributed by atoms with Crippen molar-refractivity contribution in [1.29, 1.82) is 0 Å². The smallest absolute Gasteiger partial charge is 0.238 e. The Bertz CT molecular complexity index is 3810. The van der Waals surface area contributed by atoms with Crippen LogP contribution in [0.15, 0.2) is 183 Å². The monoisotopic (exact) mass is 744 g/mol. The van der Waals surface area contributed by atoms with E-state index in [1.165, 1.54) is 0 Å². The molecule has 0 unspecified atom stereocenters. The summed E-state index contributed by atoms with van der Waals surface area (Å²) in [5.74, 6) is 1.51. The minimum Gasteiger partial charge on any atom is -0.456 e. The van der Waals surface area contributed by atoms with Gasteiger partial charge in [-0.3, -0.25) is 4.57 Å². The first-order valence-electron chi connectivity index (χ1n) is 19.3. The van der Waals surface area contributed by atoms with Gasteiger partial charge in [0.15, 0.2) is 17.2 Å². The Morgan fingerprint density at radius 2 is 0.966 bits per heavy atom. The van der Waals surface area contributed by atoms with E-state index in [2.05, 4.69) is 95.6 Å². The van der Waals surface area contributed by atoms with Crippen LogP contribution in [-0.2, 0) is 0 Å². The second-order valence-electron chi connectivity index (χ2n) is 14.7. The molecule has 0 fully saturated rings. The maximum Gasteiger partial charge on any atom is 0.238 e. The predicted octanol–water partition coefficient (Wildman–Crippen LogP) is 13.7. The summed E-state index contributed by atoms with van der Waals surface area (Å²) < 4.78 is 21.7. The number of para-hydroxylation sites is 3. The highest BCUT2D eigenvalue weighted by atomic mass is 16.3. The Kier molecular flexibility index (Phi) is 6.32. The number of fused-ring (bicyclic) bond motifs is 13. The van der Waals surface area contributed by atoms with E-state index in [1.807, 2.05) is 78.9 Å². The first-order valence-corrected chi connectivity index (χ1v) is 19.3. The third kappa shape index (κ3) is 4.41. The molecule has 5 heterocycles. The van der Waals surface area contributed by atoms with Gasteiger partial charge in [-0.2, -0.15) is 9.97 Å². The highest BCUT2D eigenvalue weighted by molar-refractivity contribution is 6.21. The Balaban J connectivity index is 1.12. The van der Waals surface area contributed by atoms with Crippen molar-refractivity contribution in [2.24, 2.45) is 0 Å². The van der Waals surface area contributed by atoms with E-state index in [9.17, 15) is 0 Å². The van der Waals surface area contributed by atoms with Crippen molar-refractivity contribution in [3.8, 4) is 39.9 Å². The van der Waals surface area contributed by atoms with Gasteiger partial charge >= 0.3 is 0 Å². The molecule has 0 spiro atoms. The molecular weight excluding hydrogens is 717 g/mol. The van der Waals surface area contributed by atoms with Gasteiger partial charge in [0.05, 0.1) is 5.52 Å². The van der Waals surface area contributed by atoms with Crippen molar-refractivity contribution in [3.63, 3.8) is 0 Å². The van der Waals surface area contributed by atoms with E-state index in [0.29, 0.717) is 17.6 Å². The van der Waals surface area contributed by atoms with Crippen LogP contribution < -0.4 is 0 Å². The molecule has 0 saturated heterocycles. The first-order chi connectivity index (χ1) is 28.7. The number of hydrogen-bond acceptors (Lipinski definition) is 6. The molecule has 0 aliphatic heterocycles. The van der Waals surface area contributed by atoms with Crippen LogP contribution in [0, 0.1) is 0 Å². The Morgan fingerprint density at radius 3 is 1.81 bits per heavy atom. The minimum absolute atomic E-state index is 0.472. The van der Waals surface area contributed by atoms with E-state index in [0.717, 1.165) is 110 Å². The van der Waals surface area contributed by atoms with Crippen LogP contribution in [0.25, 0.3) is 127 Å². The molecule has 0 N–H and O–H groups in total. The summed E-state index contributed by atoms with van der Waals surface area (Å²) >= 11 is 0. The molecule has 0 saturated carbocycles. The Labute approximate surface area is 329 Å². The quantitative estimate of drug-likeness (QED) is 0.178. The molecule has 0 amide bonds. The molecular formula is C51H28N4O3. The van der Waals surface area contributed by atoms with Crippen LogP contribution in [0.5, 0.6) is 0 Å². The van der Waals surface area contributed by atoms with Gasteiger partial charge in [-0.15, -0.1) is 0 Å². The fourth-order valence-electron chi connectivity index (χ4n) is 8.94. The van der Waals surface area contributed by atoms with Gasteiger partial charge < -0.3 is 13.3 Å². The molecule has 0 atom stereocenters. The van der Waals surface area contributed by atoms with Gasteiger partial charge in [0.1, 0.15) is 33.4 Å². The fraction of sp³-hybridized carbons (Fsp3) is 0. The minimum atomic E-state index is 0.472. The zero-order chi connectivity index (χ0) is 37.9. The average molecular weight is 745 g/mol. The van der Waals surface area contributed by atoms with Crippen LogP contribution >= 0.6 is 0 Å². The number of hydrogen-bond donors (Lipinski definition) is 0. The summed E-state index contributed by atoms with van der Waals surface area (Å²) in [4.78, 5) is 15.9. The molecule has 0 bridgehead atoms. The molecule has 7 heteroatoms. The number of furan rings is 3. The summed E-state index contributed by atoms with van der Waals surface area (Å²) in [6, 6.07) is 57.9. The molecule has 13 rings (SSSR count). The SMILES string of the molecule is c1ccc(-c2cccc3oc4cc(-c5nc(-c6cccc7oc8ccccc8c67)nc(-n6c7ccccc7c7ccc8c9ccccc9oc8c76)n5)ccc4c23)cc1. The van der Waals surface area contributed by atoms with Gasteiger partial charge in [0.2, 0.25) is 5.95 Å². The van der Waals surface area contributed by atoms with Crippen LogP contribution in [0.1, 0.15) is 0 Å². The molecule has 58 heavy (non-hydrogen) atoms. The zero-order valence-electron chi connectivity index (χ0n) is 30.7. The highest BCUT2D eigenvalue weighted by Gasteiger charge is 2.24. The van der Waals surface area contributed by atoms with Crippen LogP contribution in [0.4, 0.5) is 0 Å². The third-order valence-corrected chi connectivity index (χ3v) is 11.5. The van der Waals surface area contributed by atoms with Crippen molar-refractivity contribution < 1.29 is 13.3 Å². The van der Waals surface area contributed by atoms with E-state index in [1.54, 1.807) is 0 Å². The summed E-state index contributed by atoms with van der Waals surface area (Å²) in [6.45, 7) is 0. The van der Waals surface area contributed by atoms with Gasteiger partial charge in [0, 0.05) is 54.2 Å². The summed E-state index contributed by atoms with van der Waals surface area (Å²) in [7, 11) is 0. The average Bonchev–Trinajstić information content (AvgIpc) is 4.05. The van der Waals surface area contributed by atoms with E-state index in [4.69, 9.17) is 28.2 Å². The number of benzene rings is 8. The third-order valence-electron chi connectivity index (χ3n) is 11.5. The number of nitrogens with zero attached hydrogens (tertiary/aromatic N) is 4. The summed E-state index contributed by atoms with van der Waals surface area (Å²) in [6.07, 6.45) is 0. The predicted molar refractivity (Wildman–Crippen MR) is 232 cm³/mol. The molecule has 0 aliphatic rings. The van der Waals surface area contributed by atoms with Gasteiger partial charge in [-0.05, 0) is 59.7 Å². The van der Waals surface area contributed by atoms with Crippen LogP contribution in [0.2, 0.25) is 0 Å². The van der Waals surface area contributed by atoms with Crippen molar-refractivity contribution in [1.82, 2.24) is 19.5 Å². The number of rotatable bonds is 4. The molecule has 7 nitrogen and oxygen atoms in total. The largest absolute Gasteiger partial charge is 0.456 e. The molecule has 0 radical (unpaired) electrons. The van der Waals surface area contributed by atoms with Gasteiger partial charge in [-0.1, -0.05) is 121 Å². The van der Waals surface area contributed by atoms with Gasteiger partial charge in [0.25, 0.3) is 0 Å². The summed E-state index contributed by atoms with van der Waals surface area (Å²) in [5, 5.41) is 8.25. The second-order valence-corrected chi connectivity index (χ2v) is 14.7. The molecule has 8 aromatic carbocycles. The molecule has 270 valence electrons. The lowest BCUT2D eigenvalue weighted by Crippen LogP contribution is -2.06. The molecule has 5 aromatic heterocycles.